The van der Waals surface area contributed by atoms with Crippen molar-refractivity contribution in [2.24, 2.45) is 12.0 Å². The molecule has 16 heavy (non-hydrogen) atoms. The van der Waals surface area contributed by atoms with Crippen molar-refractivity contribution in [3.63, 3.8) is 0 Å². The van der Waals surface area contributed by atoms with E-state index in [-0.39, 0.29) is 0 Å². The van der Waals surface area contributed by atoms with Gasteiger partial charge in [0.2, 0.25) is 0 Å². The number of nitrogens with zero attached hydrogens (tertiary/aromatic N) is 4. The number of hydrogen-bond donors (Lipinski definition) is 0. The maximum Gasteiger partial charge on any atom is 0.251 e. The second-order valence-corrected chi connectivity index (χ2v) is 3.99. The minimum Gasteiger partial charge on any atom is -0.290 e. The topological polar surface area (TPSA) is 43.1 Å². The zero-order valence-corrected chi connectivity index (χ0v) is 9.98. The molecule has 0 aliphatic carbocycles. The molecule has 0 amide bonds. The summed E-state index contributed by atoms with van der Waals surface area (Å²) in [6, 6.07) is 9.92. The lowest BCUT2D eigenvalue weighted by atomic mass is 10.2. The Bertz CT molecular complexity index is 490. The summed E-state index contributed by atoms with van der Waals surface area (Å²) in [5, 5.41) is 8.87. The van der Waals surface area contributed by atoms with Gasteiger partial charge in [0.15, 0.2) is 5.16 Å². The molecule has 0 aliphatic rings. The first-order valence-electron chi connectivity index (χ1n) is 4.84. The Balaban J connectivity index is 2.21. The van der Waals surface area contributed by atoms with Gasteiger partial charge in [-0.25, -0.2) is 4.99 Å². The summed E-state index contributed by atoms with van der Waals surface area (Å²) in [5.41, 5.74) is 1.05. The molecule has 0 spiro atoms. The van der Waals surface area contributed by atoms with E-state index in [1.807, 2.05) is 48.2 Å². The molecule has 4 nitrogen and oxygen atoms in total. The van der Waals surface area contributed by atoms with Crippen LogP contribution < -0.4 is 0 Å². The molecular formula is C11H12N4S. The van der Waals surface area contributed by atoms with Crippen molar-refractivity contribution in [3.05, 3.63) is 35.9 Å². The van der Waals surface area contributed by atoms with Gasteiger partial charge in [0.25, 0.3) is 5.95 Å². The van der Waals surface area contributed by atoms with Crippen molar-refractivity contribution in [2.75, 3.05) is 6.26 Å². The molecular weight excluding hydrogens is 220 g/mol. The zero-order chi connectivity index (χ0) is 11.4. The molecule has 0 bridgehead atoms. The number of aliphatic imine (C=N–C) groups is 1. The van der Waals surface area contributed by atoms with Crippen molar-refractivity contribution in [1.29, 1.82) is 0 Å². The highest BCUT2D eigenvalue weighted by molar-refractivity contribution is 7.98. The molecule has 5 heteroatoms. The van der Waals surface area contributed by atoms with Gasteiger partial charge < -0.3 is 0 Å². The van der Waals surface area contributed by atoms with E-state index in [1.54, 1.807) is 18.0 Å². The number of hydrogen-bond acceptors (Lipinski definition) is 4. The molecule has 82 valence electrons. The highest BCUT2D eigenvalue weighted by Gasteiger charge is 2.04. The first-order chi connectivity index (χ1) is 7.81. The fourth-order valence-corrected chi connectivity index (χ4v) is 1.75. The molecule has 0 saturated carbocycles. The maximum absolute atomic E-state index is 4.30. The Kier molecular flexibility index (Phi) is 3.36. The van der Waals surface area contributed by atoms with Gasteiger partial charge in [0.05, 0.1) is 0 Å². The van der Waals surface area contributed by atoms with Gasteiger partial charge in [0.1, 0.15) is 0 Å². The van der Waals surface area contributed by atoms with Crippen molar-refractivity contribution in [2.45, 2.75) is 5.16 Å². The number of rotatable bonds is 3. The van der Waals surface area contributed by atoms with Crippen LogP contribution in [0.25, 0.3) is 0 Å². The van der Waals surface area contributed by atoms with E-state index in [9.17, 15) is 0 Å². The van der Waals surface area contributed by atoms with Crippen LogP contribution >= 0.6 is 11.8 Å². The zero-order valence-electron chi connectivity index (χ0n) is 9.16. The van der Waals surface area contributed by atoms with Gasteiger partial charge in [-0.05, 0) is 11.8 Å². The summed E-state index contributed by atoms with van der Waals surface area (Å²) >= 11 is 1.55. The van der Waals surface area contributed by atoms with Crippen LogP contribution in [0.3, 0.4) is 0 Å². The fraction of sp³-hybridized carbons (Fsp3) is 0.182. The van der Waals surface area contributed by atoms with Crippen LogP contribution in [-0.2, 0) is 7.05 Å². The molecule has 0 saturated heterocycles. The number of benzene rings is 1. The molecule has 1 aromatic carbocycles. The fourth-order valence-electron chi connectivity index (χ4n) is 1.27. The van der Waals surface area contributed by atoms with Crippen molar-refractivity contribution >= 4 is 23.9 Å². The predicted molar refractivity (Wildman–Crippen MR) is 66.5 cm³/mol. The monoisotopic (exact) mass is 232 g/mol. The van der Waals surface area contributed by atoms with Crippen LogP contribution in [0.4, 0.5) is 5.95 Å². The number of aromatic nitrogens is 3. The second-order valence-electron chi connectivity index (χ2n) is 3.21. The summed E-state index contributed by atoms with van der Waals surface area (Å²) in [6.07, 6.45) is 3.75. The highest BCUT2D eigenvalue weighted by Crippen LogP contribution is 2.16. The van der Waals surface area contributed by atoms with E-state index in [0.29, 0.717) is 5.95 Å². The van der Waals surface area contributed by atoms with Crippen LogP contribution in [0.2, 0.25) is 0 Å². The Morgan fingerprint density at radius 2 is 2.00 bits per heavy atom. The third-order valence-electron chi connectivity index (χ3n) is 2.12. The quantitative estimate of drug-likeness (QED) is 0.602. The Morgan fingerprint density at radius 3 is 2.62 bits per heavy atom. The lowest BCUT2D eigenvalue weighted by molar-refractivity contribution is 0.792. The third kappa shape index (κ3) is 2.30. The molecule has 1 heterocycles. The normalized spacial score (nSPS) is 11.1. The Morgan fingerprint density at radius 1 is 1.25 bits per heavy atom. The molecule has 2 aromatic rings. The van der Waals surface area contributed by atoms with Crippen LogP contribution in [-0.4, -0.2) is 27.2 Å². The van der Waals surface area contributed by atoms with E-state index in [0.717, 1.165) is 10.7 Å². The van der Waals surface area contributed by atoms with Crippen molar-refractivity contribution < 1.29 is 0 Å². The lowest BCUT2D eigenvalue weighted by Gasteiger charge is -1.96. The summed E-state index contributed by atoms with van der Waals surface area (Å²) in [7, 11) is 1.91. The smallest absolute Gasteiger partial charge is 0.251 e. The minimum atomic E-state index is 0.619. The third-order valence-corrected chi connectivity index (χ3v) is 2.84. The number of thioether (sulfide) groups is 1. The summed E-state index contributed by atoms with van der Waals surface area (Å²) in [4.78, 5) is 4.30. The molecule has 2 rings (SSSR count). The van der Waals surface area contributed by atoms with Gasteiger partial charge in [-0.3, -0.25) is 4.57 Å². The second kappa shape index (κ2) is 4.94. The molecule has 0 aliphatic heterocycles. The van der Waals surface area contributed by atoms with Gasteiger partial charge >= 0.3 is 0 Å². The maximum atomic E-state index is 4.30. The van der Waals surface area contributed by atoms with E-state index < -0.39 is 0 Å². The first-order valence-corrected chi connectivity index (χ1v) is 6.06. The van der Waals surface area contributed by atoms with Crippen LogP contribution in [0.1, 0.15) is 5.56 Å². The van der Waals surface area contributed by atoms with Gasteiger partial charge in [-0.15, -0.1) is 10.2 Å². The minimum absolute atomic E-state index is 0.619. The molecule has 1 aromatic heterocycles. The van der Waals surface area contributed by atoms with Crippen molar-refractivity contribution in [1.82, 2.24) is 14.8 Å². The van der Waals surface area contributed by atoms with Crippen LogP contribution in [0, 0.1) is 0 Å². The lowest BCUT2D eigenvalue weighted by Crippen LogP contribution is -1.89. The Labute approximate surface area is 98.4 Å². The standard InChI is InChI=1S/C11H12N4S/c1-15-10(13-14-11(15)16-2)12-8-9-6-4-3-5-7-9/h3-8H,1-2H3/b12-8-. The van der Waals surface area contributed by atoms with Gasteiger partial charge in [0, 0.05) is 13.3 Å². The van der Waals surface area contributed by atoms with E-state index >= 15 is 0 Å². The first kappa shape index (κ1) is 10.9. The molecule has 0 radical (unpaired) electrons. The summed E-state index contributed by atoms with van der Waals surface area (Å²) in [5.74, 6) is 0.619. The molecule has 0 atom stereocenters. The molecule has 0 fully saturated rings. The van der Waals surface area contributed by atoms with Gasteiger partial charge in [-0.1, -0.05) is 42.1 Å². The Hall–Kier alpha value is -1.62. The molecule has 0 N–H and O–H groups in total. The van der Waals surface area contributed by atoms with Gasteiger partial charge in [-0.2, -0.15) is 0 Å². The van der Waals surface area contributed by atoms with E-state index in [4.69, 9.17) is 0 Å². The van der Waals surface area contributed by atoms with E-state index in [1.165, 1.54) is 0 Å². The van der Waals surface area contributed by atoms with Crippen molar-refractivity contribution in [3.8, 4) is 0 Å². The largest absolute Gasteiger partial charge is 0.290 e. The van der Waals surface area contributed by atoms with E-state index in [2.05, 4.69) is 15.2 Å². The SMILES string of the molecule is CSc1nnc(/N=C\c2ccccc2)n1C. The highest BCUT2D eigenvalue weighted by atomic mass is 32.2. The van der Waals surface area contributed by atoms with Crippen LogP contribution in [0.15, 0.2) is 40.5 Å². The average molecular weight is 232 g/mol. The summed E-state index contributed by atoms with van der Waals surface area (Å²) in [6.45, 7) is 0. The predicted octanol–water partition coefficient (Wildman–Crippen LogP) is 2.29. The average Bonchev–Trinajstić information content (AvgIpc) is 2.69. The summed E-state index contributed by atoms with van der Waals surface area (Å²) < 4.78 is 1.87. The molecule has 0 unspecified atom stereocenters. The van der Waals surface area contributed by atoms with Crippen LogP contribution in [0.5, 0.6) is 0 Å².